The van der Waals surface area contributed by atoms with Crippen LogP contribution in [-0.4, -0.2) is 41.1 Å². The van der Waals surface area contributed by atoms with Crippen LogP contribution in [0.15, 0.2) is 83.8 Å². The Labute approximate surface area is 264 Å². The summed E-state index contributed by atoms with van der Waals surface area (Å²) in [6.45, 7) is 6.27. The second-order valence-corrected chi connectivity index (χ2v) is 12.7. The smallest absolute Gasteiger partial charge is 0.341 e. The van der Waals surface area contributed by atoms with Crippen molar-refractivity contribution in [3.63, 3.8) is 0 Å². The number of fused-ring (bicyclic) bond motifs is 1. The van der Waals surface area contributed by atoms with Crippen molar-refractivity contribution in [2.75, 3.05) is 23.8 Å². The molecule has 0 saturated heterocycles. The monoisotopic (exact) mass is 631 g/mol. The Bertz CT molecular complexity index is 1630. The van der Waals surface area contributed by atoms with E-state index in [-0.39, 0.29) is 18.4 Å². The van der Waals surface area contributed by atoms with Gasteiger partial charge in [0.25, 0.3) is 5.91 Å². The fourth-order valence-electron chi connectivity index (χ4n) is 5.07. The fourth-order valence-corrected chi connectivity index (χ4v) is 7.37. The van der Waals surface area contributed by atoms with E-state index in [1.54, 1.807) is 25.1 Å². The lowest BCUT2D eigenvalue weighted by Gasteiger charge is -2.27. The van der Waals surface area contributed by atoms with E-state index in [0.717, 1.165) is 28.4 Å². The van der Waals surface area contributed by atoms with Crippen molar-refractivity contribution < 1.29 is 23.5 Å². The van der Waals surface area contributed by atoms with Gasteiger partial charge < -0.3 is 15.4 Å². The first-order chi connectivity index (χ1) is 21.3. The molecule has 44 heavy (non-hydrogen) atoms. The molecule has 10 heteroatoms. The van der Waals surface area contributed by atoms with Gasteiger partial charge in [0.15, 0.2) is 0 Å². The van der Waals surface area contributed by atoms with Crippen LogP contribution in [0.4, 0.5) is 15.1 Å². The lowest BCUT2D eigenvalue weighted by molar-refractivity contribution is -0.115. The molecule has 0 saturated carbocycles. The van der Waals surface area contributed by atoms with E-state index in [4.69, 9.17) is 4.74 Å². The van der Waals surface area contributed by atoms with Crippen LogP contribution in [0.2, 0.25) is 0 Å². The van der Waals surface area contributed by atoms with E-state index in [1.165, 1.54) is 52.9 Å². The second-order valence-electron chi connectivity index (χ2n) is 10.4. The van der Waals surface area contributed by atoms with E-state index < -0.39 is 17.0 Å². The summed E-state index contributed by atoms with van der Waals surface area (Å²) in [7, 11) is 0. The molecule has 3 aromatic carbocycles. The van der Waals surface area contributed by atoms with Crippen molar-refractivity contribution in [2.24, 2.45) is 0 Å². The highest BCUT2D eigenvalue weighted by atomic mass is 32.2. The van der Waals surface area contributed by atoms with Crippen LogP contribution < -0.4 is 10.6 Å². The highest BCUT2D eigenvalue weighted by molar-refractivity contribution is 8.00. The van der Waals surface area contributed by atoms with Crippen LogP contribution in [0.25, 0.3) is 0 Å². The first-order valence-electron chi connectivity index (χ1n) is 14.6. The van der Waals surface area contributed by atoms with Gasteiger partial charge in [0.2, 0.25) is 5.91 Å². The number of ether oxygens (including phenoxy) is 1. The zero-order valence-electron chi connectivity index (χ0n) is 24.6. The Morgan fingerprint density at radius 2 is 1.77 bits per heavy atom. The predicted molar refractivity (Wildman–Crippen MR) is 174 cm³/mol. The largest absolute Gasteiger partial charge is 0.462 e. The number of rotatable bonds is 11. The minimum atomic E-state index is -0.443. The number of benzene rings is 3. The number of hydrogen-bond donors (Lipinski definition) is 2. The van der Waals surface area contributed by atoms with E-state index in [0.29, 0.717) is 41.2 Å². The number of thiophene rings is 1. The average molecular weight is 632 g/mol. The molecule has 5 rings (SSSR count). The van der Waals surface area contributed by atoms with Crippen LogP contribution in [0, 0.1) is 5.82 Å². The van der Waals surface area contributed by atoms with Crippen LogP contribution in [0.5, 0.6) is 0 Å². The van der Waals surface area contributed by atoms with E-state index >= 15 is 0 Å². The Balaban J connectivity index is 1.29. The predicted octanol–water partition coefficient (Wildman–Crippen LogP) is 7.38. The fraction of sp³-hybridized carbons (Fsp3) is 0.265. The molecule has 0 spiro atoms. The van der Waals surface area contributed by atoms with Gasteiger partial charge in [0, 0.05) is 40.7 Å². The van der Waals surface area contributed by atoms with E-state index in [2.05, 4.69) is 27.7 Å². The molecule has 0 radical (unpaired) electrons. The number of anilines is 2. The number of nitrogens with one attached hydrogen (secondary N) is 2. The molecule has 1 aliphatic heterocycles. The maximum Gasteiger partial charge on any atom is 0.341 e. The number of carbonyl (C=O) groups is 3. The molecule has 2 N–H and O–H groups in total. The molecule has 1 aliphatic rings. The summed E-state index contributed by atoms with van der Waals surface area (Å²) in [5.41, 5.74) is 3.56. The molecular formula is C34H34FN3O4S2. The van der Waals surface area contributed by atoms with Crippen molar-refractivity contribution in [2.45, 2.75) is 49.9 Å². The standard InChI is InChI=1S/C34H34FN3O4S2/c1-3-28(43-26-12-8-11-25(19-26)36-31(39)23-13-15-24(35)16-14-23)32(40)37-33-30(34(41)42-4-2)27-17-18-38(21-29(27)44-33)20-22-9-6-5-7-10-22/h5-16,19,28H,3-4,17-18,20-21H2,1-2H3,(H,36,39)(H,37,40). The Hall–Kier alpha value is -3.99. The molecule has 1 aromatic heterocycles. The van der Waals surface area contributed by atoms with Crippen LogP contribution in [-0.2, 0) is 29.0 Å². The maximum atomic E-state index is 13.6. The van der Waals surface area contributed by atoms with Crippen molar-refractivity contribution in [3.8, 4) is 0 Å². The number of thioether (sulfide) groups is 1. The number of esters is 1. The summed E-state index contributed by atoms with van der Waals surface area (Å²) < 4.78 is 18.6. The lowest BCUT2D eigenvalue weighted by Crippen LogP contribution is -2.30. The molecule has 2 heterocycles. The van der Waals surface area contributed by atoms with Gasteiger partial charge in [-0.25, -0.2) is 9.18 Å². The third-order valence-corrected chi connectivity index (χ3v) is 9.73. The first-order valence-corrected chi connectivity index (χ1v) is 16.3. The summed E-state index contributed by atoms with van der Waals surface area (Å²) in [5, 5.41) is 5.97. The zero-order chi connectivity index (χ0) is 31.1. The molecule has 2 amide bonds. The van der Waals surface area contributed by atoms with Gasteiger partial charge in [0.1, 0.15) is 10.8 Å². The molecule has 1 unspecified atom stereocenters. The molecule has 4 aromatic rings. The van der Waals surface area contributed by atoms with Gasteiger partial charge in [-0.05, 0) is 73.4 Å². The molecule has 0 fully saturated rings. The van der Waals surface area contributed by atoms with Gasteiger partial charge in [-0.1, -0.05) is 43.3 Å². The van der Waals surface area contributed by atoms with Gasteiger partial charge in [0.05, 0.1) is 17.4 Å². The van der Waals surface area contributed by atoms with Gasteiger partial charge >= 0.3 is 5.97 Å². The van der Waals surface area contributed by atoms with Crippen LogP contribution in [0.3, 0.4) is 0 Å². The topological polar surface area (TPSA) is 87.7 Å². The Morgan fingerprint density at radius 1 is 1.00 bits per heavy atom. The quantitative estimate of drug-likeness (QED) is 0.133. The minimum Gasteiger partial charge on any atom is -0.462 e. The highest BCUT2D eigenvalue weighted by Gasteiger charge is 2.31. The summed E-state index contributed by atoms with van der Waals surface area (Å²) in [6.07, 6.45) is 1.25. The molecule has 0 bridgehead atoms. The van der Waals surface area contributed by atoms with Gasteiger partial charge in [-0.15, -0.1) is 23.1 Å². The summed E-state index contributed by atoms with van der Waals surface area (Å²) in [4.78, 5) is 43.5. The number of halogens is 1. The van der Waals surface area contributed by atoms with Crippen molar-refractivity contribution in [1.29, 1.82) is 0 Å². The number of hydrogen-bond acceptors (Lipinski definition) is 7. The SMILES string of the molecule is CCOC(=O)c1c(NC(=O)C(CC)Sc2cccc(NC(=O)c3ccc(F)cc3)c2)sc2c1CCN(Cc1ccccc1)C2. The van der Waals surface area contributed by atoms with Crippen molar-refractivity contribution in [3.05, 3.63) is 112 Å². The minimum absolute atomic E-state index is 0.205. The average Bonchev–Trinajstić information content (AvgIpc) is 3.38. The van der Waals surface area contributed by atoms with Crippen LogP contribution in [0.1, 0.15) is 57.0 Å². The molecule has 7 nitrogen and oxygen atoms in total. The third-order valence-electron chi connectivity index (χ3n) is 7.24. The Morgan fingerprint density at radius 3 is 2.50 bits per heavy atom. The Kier molecular flexibility index (Phi) is 10.5. The van der Waals surface area contributed by atoms with Crippen molar-refractivity contribution in [1.82, 2.24) is 4.90 Å². The highest BCUT2D eigenvalue weighted by Crippen LogP contribution is 2.39. The number of carbonyl (C=O) groups excluding carboxylic acids is 3. The van der Waals surface area contributed by atoms with Gasteiger partial charge in [-0.3, -0.25) is 14.5 Å². The molecular weight excluding hydrogens is 598 g/mol. The number of amides is 2. The first kappa shape index (κ1) is 31.4. The normalized spacial score (nSPS) is 13.5. The zero-order valence-corrected chi connectivity index (χ0v) is 26.2. The summed E-state index contributed by atoms with van der Waals surface area (Å²) in [6, 6.07) is 22.9. The number of nitrogens with zero attached hydrogens (tertiary/aromatic N) is 1. The summed E-state index contributed by atoms with van der Waals surface area (Å²) >= 11 is 2.83. The van der Waals surface area contributed by atoms with Crippen LogP contribution >= 0.6 is 23.1 Å². The van der Waals surface area contributed by atoms with E-state index in [1.807, 2.05) is 31.2 Å². The molecule has 1 atom stereocenters. The second kappa shape index (κ2) is 14.7. The molecule has 0 aliphatic carbocycles. The van der Waals surface area contributed by atoms with Crippen molar-refractivity contribution >= 4 is 51.6 Å². The van der Waals surface area contributed by atoms with E-state index in [9.17, 15) is 18.8 Å². The molecule has 228 valence electrons. The summed E-state index contributed by atoms with van der Waals surface area (Å²) in [5.74, 6) is -1.39. The third kappa shape index (κ3) is 7.74. The lowest BCUT2D eigenvalue weighted by atomic mass is 10.0. The van der Waals surface area contributed by atoms with Gasteiger partial charge in [-0.2, -0.15) is 0 Å². The maximum absolute atomic E-state index is 13.6.